The van der Waals surface area contributed by atoms with E-state index in [-0.39, 0.29) is 35.1 Å². The van der Waals surface area contributed by atoms with Crippen LogP contribution < -0.4 is 20.9 Å². The normalized spacial score (nSPS) is 22.7. The van der Waals surface area contributed by atoms with E-state index in [1.807, 2.05) is 19.9 Å². The van der Waals surface area contributed by atoms with Crippen molar-refractivity contribution in [3.63, 3.8) is 0 Å². The van der Waals surface area contributed by atoms with E-state index in [1.54, 1.807) is 11.4 Å². The number of likely N-dealkylation sites (tertiary alicyclic amines) is 1. The molecular weight excluding hydrogens is 545 g/mol. The minimum absolute atomic E-state index is 0.0245. The Balaban J connectivity index is 1.63. The van der Waals surface area contributed by atoms with Gasteiger partial charge in [-0.2, -0.15) is 18.4 Å². The summed E-state index contributed by atoms with van der Waals surface area (Å²) in [6, 6.07) is 2.06. The predicted octanol–water partition coefficient (Wildman–Crippen LogP) is 1.96. The Morgan fingerprint density at radius 2 is 1.85 bits per heavy atom. The van der Waals surface area contributed by atoms with Gasteiger partial charge >= 0.3 is 12.1 Å². The molecule has 2 unspecified atom stereocenters. The molecule has 0 aromatic carbocycles. The predicted molar refractivity (Wildman–Crippen MR) is 138 cm³/mol. The van der Waals surface area contributed by atoms with E-state index in [9.17, 15) is 37.6 Å². The highest BCUT2D eigenvalue weighted by molar-refractivity contribution is 5.95. The van der Waals surface area contributed by atoms with E-state index >= 15 is 0 Å². The average molecular weight is 577 g/mol. The molecule has 14 heteroatoms. The molecule has 41 heavy (non-hydrogen) atoms. The van der Waals surface area contributed by atoms with Crippen molar-refractivity contribution in [2.24, 2.45) is 22.7 Å². The number of ether oxygens (including phenoxy) is 1. The Hall–Kier alpha value is -4.15. The quantitative estimate of drug-likeness (QED) is 0.535. The summed E-state index contributed by atoms with van der Waals surface area (Å²) in [5, 5.41) is 14.2. The number of carbonyl (C=O) groups excluding carboxylic acids is 3. The second-order valence-electron chi connectivity index (χ2n) is 12.0. The van der Waals surface area contributed by atoms with Gasteiger partial charge in [-0.3, -0.25) is 23.6 Å². The highest BCUT2D eigenvalue weighted by Crippen LogP contribution is 2.65. The second-order valence-corrected chi connectivity index (χ2v) is 12.0. The van der Waals surface area contributed by atoms with Gasteiger partial charge in [0.15, 0.2) is 6.04 Å². The standard InChI is InChI=1S/C27H31F3N6O5/c1-25(2,3)21(34-24(40)27(28,29)30)23(39)36-12-14-19(26(14,4)5)20(36)22(38)33-16(10-31)15-9-18(37)35-11-13(41-6)7-8-17(35)32-15/h7-9,11,14,16,19-21H,12H2,1-6H3,(H,33,38)(H,34,40)/t14-,16?,19-,20-,21?/m0/s1. The molecule has 220 valence electrons. The van der Waals surface area contributed by atoms with Crippen molar-refractivity contribution in [3.8, 4) is 11.8 Å². The zero-order valence-corrected chi connectivity index (χ0v) is 23.4. The van der Waals surface area contributed by atoms with Crippen molar-refractivity contribution in [1.29, 1.82) is 5.26 Å². The van der Waals surface area contributed by atoms with Gasteiger partial charge in [0.1, 0.15) is 23.5 Å². The lowest BCUT2D eigenvalue weighted by molar-refractivity contribution is -0.176. The molecule has 1 saturated carbocycles. The molecule has 2 aromatic heterocycles. The lowest BCUT2D eigenvalue weighted by Crippen LogP contribution is -2.60. The summed E-state index contributed by atoms with van der Waals surface area (Å²) in [5.74, 6) is -3.83. The zero-order chi connectivity index (χ0) is 30.7. The number of nitriles is 1. The molecule has 0 radical (unpaired) electrons. The van der Waals surface area contributed by atoms with Crippen molar-refractivity contribution < 1.29 is 32.3 Å². The van der Waals surface area contributed by atoms with Crippen LogP contribution in [0.4, 0.5) is 13.2 Å². The number of nitrogens with zero attached hydrogens (tertiary/aromatic N) is 4. The van der Waals surface area contributed by atoms with Gasteiger partial charge in [0, 0.05) is 12.6 Å². The van der Waals surface area contributed by atoms with Gasteiger partial charge in [0.05, 0.1) is 25.1 Å². The Morgan fingerprint density at radius 3 is 2.41 bits per heavy atom. The van der Waals surface area contributed by atoms with Gasteiger partial charge in [-0.15, -0.1) is 0 Å². The number of amides is 3. The first-order valence-corrected chi connectivity index (χ1v) is 12.9. The van der Waals surface area contributed by atoms with Gasteiger partial charge in [0.2, 0.25) is 11.8 Å². The van der Waals surface area contributed by atoms with Crippen LogP contribution in [0, 0.1) is 34.0 Å². The van der Waals surface area contributed by atoms with Crippen LogP contribution in [0.3, 0.4) is 0 Å². The molecule has 0 spiro atoms. The van der Waals surface area contributed by atoms with Gasteiger partial charge in [-0.25, -0.2) is 4.98 Å². The van der Waals surface area contributed by atoms with E-state index in [4.69, 9.17) is 4.74 Å². The van der Waals surface area contributed by atoms with E-state index in [1.165, 1.54) is 49.4 Å². The fraction of sp³-hybridized carbons (Fsp3) is 0.556. The summed E-state index contributed by atoms with van der Waals surface area (Å²) in [5.41, 5.74) is -1.79. The number of halogens is 3. The molecule has 1 aliphatic heterocycles. The molecule has 2 aromatic rings. The lowest BCUT2D eigenvalue weighted by atomic mass is 9.85. The first-order chi connectivity index (χ1) is 18.9. The third-order valence-electron chi connectivity index (χ3n) is 8.01. The number of alkyl halides is 3. The minimum atomic E-state index is -5.20. The number of piperidine rings is 1. The molecule has 2 aliphatic rings. The van der Waals surface area contributed by atoms with Gasteiger partial charge in [0.25, 0.3) is 5.56 Å². The Bertz CT molecular complexity index is 1510. The lowest BCUT2D eigenvalue weighted by Gasteiger charge is -2.37. The van der Waals surface area contributed by atoms with E-state index in [0.29, 0.717) is 5.75 Å². The smallest absolute Gasteiger partial charge is 0.471 e. The zero-order valence-electron chi connectivity index (χ0n) is 23.4. The minimum Gasteiger partial charge on any atom is -0.495 e. The molecule has 5 atom stereocenters. The van der Waals surface area contributed by atoms with Crippen LogP contribution in [-0.2, 0) is 14.4 Å². The molecule has 3 heterocycles. The Labute approximate surface area is 233 Å². The van der Waals surface area contributed by atoms with Crippen LogP contribution in [0.25, 0.3) is 5.65 Å². The highest BCUT2D eigenvalue weighted by Gasteiger charge is 2.70. The molecule has 4 rings (SSSR count). The molecule has 11 nitrogen and oxygen atoms in total. The maximum absolute atomic E-state index is 13.7. The summed E-state index contributed by atoms with van der Waals surface area (Å²) in [4.78, 5) is 57.3. The number of carbonyl (C=O) groups is 3. The van der Waals surface area contributed by atoms with Crippen LogP contribution in [0.15, 0.2) is 29.2 Å². The van der Waals surface area contributed by atoms with Crippen molar-refractivity contribution in [2.45, 2.75) is 58.9 Å². The molecule has 1 saturated heterocycles. The number of hydrogen-bond donors (Lipinski definition) is 2. The fourth-order valence-electron chi connectivity index (χ4n) is 5.61. The summed E-state index contributed by atoms with van der Waals surface area (Å²) in [7, 11) is 1.44. The maximum atomic E-state index is 13.7. The number of nitrogens with one attached hydrogen (secondary N) is 2. The van der Waals surface area contributed by atoms with Crippen LogP contribution in [0.2, 0.25) is 0 Å². The SMILES string of the molecule is COc1ccc2nc(C(C#N)NC(=O)[C@@H]3[C@@H]4[C@H](CN3C(=O)C(NC(=O)C(F)(F)F)C(C)(C)C)C4(C)C)cc(=O)n2c1. The fourth-order valence-corrected chi connectivity index (χ4v) is 5.61. The summed E-state index contributed by atoms with van der Waals surface area (Å²) < 4.78 is 45.5. The van der Waals surface area contributed by atoms with Gasteiger partial charge < -0.3 is 20.3 Å². The molecular formula is C27H31F3N6O5. The molecule has 2 fully saturated rings. The maximum Gasteiger partial charge on any atom is 0.471 e. The van der Waals surface area contributed by atoms with Crippen LogP contribution in [-0.4, -0.2) is 63.9 Å². The molecule has 0 bridgehead atoms. The number of pyridine rings is 1. The van der Waals surface area contributed by atoms with Crippen LogP contribution in [0.5, 0.6) is 5.75 Å². The van der Waals surface area contributed by atoms with Crippen molar-refractivity contribution in [2.75, 3.05) is 13.7 Å². The first-order valence-electron chi connectivity index (χ1n) is 12.9. The topological polar surface area (TPSA) is 146 Å². The molecule has 3 amide bonds. The van der Waals surface area contributed by atoms with E-state index in [0.717, 1.165) is 6.07 Å². The molecule has 1 aliphatic carbocycles. The van der Waals surface area contributed by atoms with Crippen molar-refractivity contribution in [3.05, 3.63) is 40.4 Å². The number of fused-ring (bicyclic) bond motifs is 2. The largest absolute Gasteiger partial charge is 0.495 e. The Morgan fingerprint density at radius 1 is 1.20 bits per heavy atom. The van der Waals surface area contributed by atoms with E-state index < -0.39 is 53.0 Å². The van der Waals surface area contributed by atoms with Crippen LogP contribution in [0.1, 0.15) is 46.4 Å². The second kappa shape index (κ2) is 10.0. The van der Waals surface area contributed by atoms with Crippen molar-refractivity contribution in [1.82, 2.24) is 24.9 Å². The number of methoxy groups -OCH3 is 1. The summed E-state index contributed by atoms with van der Waals surface area (Å²) >= 11 is 0. The number of hydrogen-bond acceptors (Lipinski definition) is 7. The van der Waals surface area contributed by atoms with Gasteiger partial charge in [-0.1, -0.05) is 34.6 Å². The monoisotopic (exact) mass is 576 g/mol. The van der Waals surface area contributed by atoms with Crippen LogP contribution >= 0.6 is 0 Å². The third kappa shape index (κ3) is 5.45. The number of aromatic nitrogens is 2. The Kier molecular flexibility index (Phi) is 7.30. The summed E-state index contributed by atoms with van der Waals surface area (Å²) in [6.07, 6.45) is -3.78. The summed E-state index contributed by atoms with van der Waals surface area (Å²) in [6.45, 7) is 8.45. The van der Waals surface area contributed by atoms with E-state index in [2.05, 4.69) is 10.3 Å². The molecule has 2 N–H and O–H groups in total. The highest BCUT2D eigenvalue weighted by atomic mass is 19.4. The number of rotatable bonds is 6. The van der Waals surface area contributed by atoms with Gasteiger partial charge in [-0.05, 0) is 34.8 Å². The average Bonchev–Trinajstić information content (AvgIpc) is 3.21. The first kappa shape index (κ1) is 29.8. The third-order valence-corrected chi connectivity index (χ3v) is 8.01. The van der Waals surface area contributed by atoms with Crippen molar-refractivity contribution >= 4 is 23.4 Å².